The number of aromatic nitrogens is 2. The highest BCUT2D eigenvalue weighted by Crippen LogP contribution is 2.29. The van der Waals surface area contributed by atoms with Gasteiger partial charge in [-0.1, -0.05) is 5.92 Å². The maximum atomic E-state index is 13.1. The fourth-order valence-electron chi connectivity index (χ4n) is 3.08. The van der Waals surface area contributed by atoms with Crippen molar-refractivity contribution in [1.82, 2.24) is 9.38 Å². The van der Waals surface area contributed by atoms with Crippen LogP contribution in [0.25, 0.3) is 5.65 Å². The summed E-state index contributed by atoms with van der Waals surface area (Å²) in [6, 6.07) is 7.76. The summed E-state index contributed by atoms with van der Waals surface area (Å²) < 4.78 is 71.3. The number of nitrogens with zero attached hydrogens (tertiary/aromatic N) is 2. The number of hydrogen-bond acceptors (Lipinski definition) is 5. The van der Waals surface area contributed by atoms with Crippen LogP contribution in [0, 0.1) is 11.8 Å². The molecule has 0 fully saturated rings. The van der Waals surface area contributed by atoms with Crippen molar-refractivity contribution in [2.45, 2.75) is 36.6 Å². The number of ether oxygens (including phenoxy) is 1. The van der Waals surface area contributed by atoms with E-state index in [4.69, 9.17) is 4.74 Å². The molecule has 176 valence electrons. The third-order valence-electron chi connectivity index (χ3n) is 4.77. The van der Waals surface area contributed by atoms with Crippen LogP contribution in [0.5, 0.6) is 5.75 Å². The number of hydrogen-bond donors (Lipinski definition) is 1. The number of methoxy groups -OCH3 is 1. The zero-order valence-corrected chi connectivity index (χ0v) is 20.4. The average Bonchev–Trinajstić information content (AvgIpc) is 3.08. The summed E-state index contributed by atoms with van der Waals surface area (Å²) >= 11 is 3.30. The Labute approximate surface area is 198 Å². The lowest BCUT2D eigenvalue weighted by Gasteiger charge is -2.13. The molecule has 0 unspecified atom stereocenters. The summed E-state index contributed by atoms with van der Waals surface area (Å²) in [5.41, 5.74) is 0.832. The van der Waals surface area contributed by atoms with Crippen LogP contribution in [-0.4, -0.2) is 42.9 Å². The highest BCUT2D eigenvalue weighted by atomic mass is 79.9. The topological polar surface area (TPSA) is 72.7 Å². The fraction of sp³-hybridized carbons (Fsp3) is 0.318. The lowest BCUT2D eigenvalue weighted by Crippen LogP contribution is -2.14. The SMILES string of the molecule is COc1cc(S(=O)(=O)C(C)C)ccc1NCC#Cc1nc2c(Br)cccn2c1CC(F)(F)F. The van der Waals surface area contributed by atoms with Crippen LogP contribution < -0.4 is 10.1 Å². The Morgan fingerprint density at radius 3 is 2.64 bits per heavy atom. The maximum Gasteiger partial charge on any atom is 0.394 e. The predicted octanol–water partition coefficient (Wildman–Crippen LogP) is 4.86. The summed E-state index contributed by atoms with van der Waals surface area (Å²) in [5, 5.41) is 2.42. The first-order valence-electron chi connectivity index (χ1n) is 9.81. The van der Waals surface area contributed by atoms with Crippen LogP contribution in [-0.2, 0) is 16.3 Å². The zero-order valence-electron chi connectivity index (χ0n) is 18.0. The van der Waals surface area contributed by atoms with E-state index in [0.717, 1.165) is 0 Å². The normalized spacial score (nSPS) is 12.0. The molecular formula is C22H21BrF3N3O3S. The maximum absolute atomic E-state index is 13.1. The molecule has 2 aromatic heterocycles. The summed E-state index contributed by atoms with van der Waals surface area (Å²) in [4.78, 5) is 4.39. The van der Waals surface area contributed by atoms with E-state index in [-0.39, 0.29) is 22.8 Å². The van der Waals surface area contributed by atoms with E-state index < -0.39 is 27.7 Å². The molecule has 11 heteroatoms. The first kappa shape index (κ1) is 24.9. The van der Waals surface area contributed by atoms with Crippen LogP contribution in [0.2, 0.25) is 0 Å². The highest BCUT2D eigenvalue weighted by molar-refractivity contribution is 9.10. The van der Waals surface area contributed by atoms with Crippen molar-refractivity contribution in [3.8, 4) is 17.6 Å². The van der Waals surface area contributed by atoms with Gasteiger partial charge in [-0.05, 0) is 60.0 Å². The minimum atomic E-state index is -4.42. The number of fused-ring (bicyclic) bond motifs is 1. The van der Waals surface area contributed by atoms with E-state index in [1.165, 1.54) is 29.8 Å². The third kappa shape index (κ3) is 5.62. The lowest BCUT2D eigenvalue weighted by molar-refractivity contribution is -0.128. The molecule has 6 nitrogen and oxygen atoms in total. The van der Waals surface area contributed by atoms with Gasteiger partial charge in [0.15, 0.2) is 15.5 Å². The van der Waals surface area contributed by atoms with Gasteiger partial charge in [-0.3, -0.25) is 0 Å². The molecule has 0 aliphatic heterocycles. The van der Waals surface area contributed by atoms with Crippen molar-refractivity contribution in [2.75, 3.05) is 19.0 Å². The zero-order chi connectivity index (χ0) is 24.4. The number of anilines is 1. The molecule has 0 bridgehead atoms. The smallest absolute Gasteiger partial charge is 0.394 e. The first-order valence-corrected chi connectivity index (χ1v) is 12.1. The molecule has 0 aliphatic rings. The second-order valence-corrected chi connectivity index (χ2v) is 10.7. The molecule has 0 amide bonds. The van der Waals surface area contributed by atoms with Crippen molar-refractivity contribution in [1.29, 1.82) is 0 Å². The number of pyridine rings is 1. The van der Waals surface area contributed by atoms with Crippen LogP contribution in [0.4, 0.5) is 18.9 Å². The van der Waals surface area contributed by atoms with Crippen molar-refractivity contribution in [3.05, 3.63) is 52.4 Å². The highest BCUT2D eigenvalue weighted by Gasteiger charge is 2.31. The Morgan fingerprint density at radius 1 is 1.27 bits per heavy atom. The lowest BCUT2D eigenvalue weighted by atomic mass is 10.2. The van der Waals surface area contributed by atoms with Gasteiger partial charge in [-0.15, -0.1) is 0 Å². The molecule has 33 heavy (non-hydrogen) atoms. The minimum Gasteiger partial charge on any atom is -0.495 e. The molecule has 0 atom stereocenters. The Hall–Kier alpha value is -2.71. The van der Waals surface area contributed by atoms with E-state index >= 15 is 0 Å². The van der Waals surface area contributed by atoms with Crippen molar-refractivity contribution >= 4 is 37.1 Å². The van der Waals surface area contributed by atoms with Crippen LogP contribution >= 0.6 is 15.9 Å². The molecule has 0 saturated heterocycles. The van der Waals surface area contributed by atoms with Gasteiger partial charge in [0.1, 0.15) is 11.4 Å². The average molecular weight is 544 g/mol. The Morgan fingerprint density at radius 2 is 2.00 bits per heavy atom. The van der Waals surface area contributed by atoms with Gasteiger partial charge in [0.25, 0.3) is 0 Å². The third-order valence-corrected chi connectivity index (χ3v) is 7.54. The fourth-order valence-corrected chi connectivity index (χ4v) is 4.58. The van der Waals surface area contributed by atoms with Gasteiger partial charge in [-0.2, -0.15) is 13.2 Å². The summed E-state index contributed by atoms with van der Waals surface area (Å²) in [6.45, 7) is 3.26. The molecule has 1 aromatic carbocycles. The molecule has 0 spiro atoms. The summed E-state index contributed by atoms with van der Waals surface area (Å²) in [7, 11) is -2.05. The molecule has 0 saturated carbocycles. The number of alkyl halides is 3. The number of rotatable bonds is 6. The van der Waals surface area contributed by atoms with Crippen molar-refractivity contribution < 1.29 is 26.3 Å². The summed E-state index contributed by atoms with van der Waals surface area (Å²) in [5.74, 6) is 5.80. The molecule has 3 rings (SSSR count). The van der Waals surface area contributed by atoms with Crippen LogP contribution in [0.1, 0.15) is 25.2 Å². The van der Waals surface area contributed by atoms with Crippen molar-refractivity contribution in [3.63, 3.8) is 0 Å². The van der Waals surface area contributed by atoms with Crippen LogP contribution in [0.15, 0.2) is 45.9 Å². The van der Waals surface area contributed by atoms with E-state index in [1.54, 1.807) is 32.0 Å². The largest absolute Gasteiger partial charge is 0.495 e. The minimum absolute atomic E-state index is 0.0337. The number of benzene rings is 1. The first-order chi connectivity index (χ1) is 15.4. The van der Waals surface area contributed by atoms with Crippen LogP contribution in [0.3, 0.4) is 0 Å². The quantitative estimate of drug-likeness (QED) is 0.449. The van der Waals surface area contributed by atoms with E-state index in [1.807, 2.05) is 0 Å². The Balaban J connectivity index is 1.86. The van der Waals surface area contributed by atoms with Crippen molar-refractivity contribution in [2.24, 2.45) is 0 Å². The molecule has 0 radical (unpaired) electrons. The number of nitrogens with one attached hydrogen (secondary N) is 1. The standard InChI is InChI=1S/C22H21BrF3N3O3S/c1-14(2)33(30,31)15-8-9-18(20(12-15)32-3)27-10-4-7-17-19(13-22(24,25)26)29-11-5-6-16(23)21(29)28-17/h5-6,8-9,11-12,14,27H,10,13H2,1-3H3. The van der Waals surface area contributed by atoms with E-state index in [9.17, 15) is 21.6 Å². The van der Waals surface area contributed by atoms with Gasteiger partial charge < -0.3 is 14.5 Å². The van der Waals surface area contributed by atoms with E-state index in [0.29, 0.717) is 21.6 Å². The van der Waals surface area contributed by atoms with E-state index in [2.05, 4.69) is 38.1 Å². The molecule has 0 aliphatic carbocycles. The van der Waals surface area contributed by atoms with Gasteiger partial charge in [-0.25, -0.2) is 13.4 Å². The number of halogens is 4. The molecule has 3 aromatic rings. The monoisotopic (exact) mass is 543 g/mol. The number of imidazole rings is 1. The Kier molecular flexibility index (Phi) is 7.29. The summed E-state index contributed by atoms with van der Waals surface area (Å²) in [6.07, 6.45) is -4.07. The molecule has 1 N–H and O–H groups in total. The second-order valence-electron chi connectivity index (χ2n) is 7.36. The van der Waals surface area contributed by atoms with Gasteiger partial charge in [0.05, 0.1) is 46.1 Å². The van der Waals surface area contributed by atoms with Gasteiger partial charge in [0.2, 0.25) is 0 Å². The Bertz CT molecular complexity index is 1340. The second kappa shape index (κ2) is 9.65. The molecular weight excluding hydrogens is 523 g/mol. The molecule has 2 heterocycles. The predicted molar refractivity (Wildman–Crippen MR) is 123 cm³/mol. The number of sulfone groups is 1. The van der Waals surface area contributed by atoms with Gasteiger partial charge >= 0.3 is 6.18 Å². The van der Waals surface area contributed by atoms with Gasteiger partial charge in [0, 0.05) is 12.3 Å².